The number of hydrogen-bond acceptors (Lipinski definition) is 4. The second-order valence-electron chi connectivity index (χ2n) is 6.38. The van der Waals surface area contributed by atoms with E-state index in [9.17, 15) is 4.79 Å². The molecule has 0 atom stereocenters. The van der Waals surface area contributed by atoms with Crippen LogP contribution in [0.25, 0.3) is 32.5 Å². The topological polar surface area (TPSA) is 55.0 Å². The first-order valence-electron chi connectivity index (χ1n) is 8.65. The first-order chi connectivity index (χ1) is 13.5. The molecule has 28 heavy (non-hydrogen) atoms. The number of ether oxygens (including phenoxy) is 1. The molecule has 0 bridgehead atoms. The van der Waals surface area contributed by atoms with Crippen molar-refractivity contribution in [1.82, 2.24) is 9.97 Å². The first kappa shape index (κ1) is 18.5. The summed E-state index contributed by atoms with van der Waals surface area (Å²) in [7, 11) is 1.62. The van der Waals surface area contributed by atoms with E-state index in [1.54, 1.807) is 13.2 Å². The van der Waals surface area contributed by atoms with Gasteiger partial charge in [0.25, 0.3) is 5.56 Å². The number of aromatic amines is 1. The summed E-state index contributed by atoms with van der Waals surface area (Å²) in [5.74, 6) is 1.12. The van der Waals surface area contributed by atoms with Crippen LogP contribution in [0.1, 0.15) is 17.0 Å². The van der Waals surface area contributed by atoms with Crippen molar-refractivity contribution in [3.8, 4) is 16.9 Å². The van der Waals surface area contributed by atoms with Gasteiger partial charge >= 0.3 is 0 Å². The van der Waals surface area contributed by atoms with Gasteiger partial charge < -0.3 is 9.72 Å². The Kier molecular flexibility index (Phi) is 5.03. The summed E-state index contributed by atoms with van der Waals surface area (Å²) in [5, 5.41) is 2.92. The van der Waals surface area contributed by atoms with Gasteiger partial charge in [0, 0.05) is 10.9 Å². The molecule has 0 aliphatic carbocycles. The average molecular weight is 409 g/mol. The molecule has 140 valence electrons. The Morgan fingerprint density at radius 3 is 2.54 bits per heavy atom. The summed E-state index contributed by atoms with van der Waals surface area (Å²) in [6.45, 7) is 2.04. The quantitative estimate of drug-likeness (QED) is 0.470. The molecule has 0 aliphatic rings. The molecule has 2 aromatic heterocycles. The van der Waals surface area contributed by atoms with E-state index in [0.717, 1.165) is 22.4 Å². The highest BCUT2D eigenvalue weighted by atomic mass is 35.5. The summed E-state index contributed by atoms with van der Waals surface area (Å²) in [6, 6.07) is 15.6. The van der Waals surface area contributed by atoms with Crippen LogP contribution >= 0.6 is 22.9 Å². The van der Waals surface area contributed by atoms with E-state index in [2.05, 4.69) is 9.97 Å². The number of halogens is 1. The van der Waals surface area contributed by atoms with Crippen molar-refractivity contribution in [1.29, 1.82) is 0 Å². The maximum Gasteiger partial charge on any atom is 0.260 e. The third-order valence-corrected chi connectivity index (χ3v) is 5.60. The number of rotatable bonds is 4. The van der Waals surface area contributed by atoms with Crippen LogP contribution in [0.15, 0.2) is 58.7 Å². The van der Waals surface area contributed by atoms with E-state index in [4.69, 9.17) is 16.3 Å². The van der Waals surface area contributed by atoms with Gasteiger partial charge in [-0.3, -0.25) is 4.79 Å². The summed E-state index contributed by atoms with van der Waals surface area (Å²) in [4.78, 5) is 20.8. The zero-order valence-electron chi connectivity index (χ0n) is 15.3. The van der Waals surface area contributed by atoms with Crippen molar-refractivity contribution < 1.29 is 4.74 Å². The maximum absolute atomic E-state index is 12.8. The Morgan fingerprint density at radius 1 is 1.14 bits per heavy atom. The zero-order valence-corrected chi connectivity index (χ0v) is 16.9. The van der Waals surface area contributed by atoms with Crippen molar-refractivity contribution in [3.63, 3.8) is 0 Å². The number of nitrogens with one attached hydrogen (secondary N) is 1. The molecule has 0 aliphatic heterocycles. The lowest BCUT2D eigenvalue weighted by atomic mass is 10.1. The first-order valence-corrected chi connectivity index (χ1v) is 9.91. The van der Waals surface area contributed by atoms with Crippen molar-refractivity contribution in [2.75, 3.05) is 7.11 Å². The summed E-state index contributed by atoms with van der Waals surface area (Å²) in [5.41, 5.74) is 3.75. The molecule has 0 fully saturated rings. The van der Waals surface area contributed by atoms with Gasteiger partial charge in [0.15, 0.2) is 5.82 Å². The van der Waals surface area contributed by atoms with Gasteiger partial charge in [-0.2, -0.15) is 0 Å². The number of aromatic nitrogens is 2. The van der Waals surface area contributed by atoms with Gasteiger partial charge in [-0.15, -0.1) is 11.3 Å². The van der Waals surface area contributed by atoms with E-state index in [1.165, 1.54) is 16.9 Å². The average Bonchev–Trinajstić information content (AvgIpc) is 3.14. The van der Waals surface area contributed by atoms with Crippen LogP contribution in [0, 0.1) is 6.92 Å². The van der Waals surface area contributed by atoms with E-state index in [1.807, 2.05) is 60.8 Å². The van der Waals surface area contributed by atoms with Crippen molar-refractivity contribution >= 4 is 44.3 Å². The highest BCUT2D eigenvalue weighted by Gasteiger charge is 2.14. The fourth-order valence-corrected chi connectivity index (χ4v) is 4.09. The van der Waals surface area contributed by atoms with Crippen molar-refractivity contribution in [2.24, 2.45) is 0 Å². The Bertz CT molecular complexity index is 1220. The Labute approximate surface area is 171 Å². The second kappa shape index (κ2) is 7.62. The lowest BCUT2D eigenvalue weighted by Gasteiger charge is -2.03. The number of thiophene rings is 1. The molecule has 4 nitrogen and oxygen atoms in total. The highest BCUT2D eigenvalue weighted by molar-refractivity contribution is 7.17. The molecule has 0 amide bonds. The summed E-state index contributed by atoms with van der Waals surface area (Å²) < 4.78 is 5.16. The molecular weight excluding hydrogens is 392 g/mol. The summed E-state index contributed by atoms with van der Waals surface area (Å²) in [6.07, 6.45) is 1.76. The Hall–Kier alpha value is -2.89. The number of fused-ring (bicyclic) bond motifs is 1. The summed E-state index contributed by atoms with van der Waals surface area (Å²) >= 11 is 7.87. The van der Waals surface area contributed by atoms with Gasteiger partial charge in [0.1, 0.15) is 10.6 Å². The van der Waals surface area contributed by atoms with Crippen LogP contribution in [0.2, 0.25) is 0 Å². The molecule has 1 N–H and O–H groups in total. The Balaban J connectivity index is 1.74. The van der Waals surface area contributed by atoms with E-state index in [0.29, 0.717) is 21.1 Å². The van der Waals surface area contributed by atoms with Crippen LogP contribution in [0.5, 0.6) is 5.75 Å². The molecule has 0 radical (unpaired) electrons. The second-order valence-corrected chi connectivity index (χ2v) is 7.64. The smallest absolute Gasteiger partial charge is 0.260 e. The molecule has 0 unspecified atom stereocenters. The molecule has 2 heterocycles. The van der Waals surface area contributed by atoms with Gasteiger partial charge in [-0.1, -0.05) is 53.6 Å². The monoisotopic (exact) mass is 408 g/mol. The predicted molar refractivity (Wildman–Crippen MR) is 117 cm³/mol. The minimum Gasteiger partial charge on any atom is -0.497 e. The number of hydrogen-bond donors (Lipinski definition) is 1. The largest absolute Gasteiger partial charge is 0.497 e. The number of aryl methyl sites for hydroxylation is 1. The molecule has 0 saturated carbocycles. The molecular formula is C22H17ClN2O2S. The third-order valence-electron chi connectivity index (χ3n) is 4.44. The van der Waals surface area contributed by atoms with Gasteiger partial charge in [-0.25, -0.2) is 4.98 Å². The van der Waals surface area contributed by atoms with Crippen molar-refractivity contribution in [3.05, 3.63) is 81.2 Å². The third kappa shape index (κ3) is 3.59. The fraction of sp³-hybridized carbons (Fsp3) is 0.0909. The predicted octanol–water partition coefficient (Wildman–Crippen LogP) is 5.71. The Morgan fingerprint density at radius 2 is 1.86 bits per heavy atom. The zero-order chi connectivity index (χ0) is 19.7. The van der Waals surface area contributed by atoms with Gasteiger partial charge in [0.05, 0.1) is 17.5 Å². The minimum absolute atomic E-state index is 0.196. The van der Waals surface area contributed by atoms with E-state index >= 15 is 0 Å². The maximum atomic E-state index is 12.8. The number of methoxy groups -OCH3 is 1. The highest BCUT2D eigenvalue weighted by Crippen LogP contribution is 2.32. The molecule has 2 aromatic carbocycles. The molecule has 0 spiro atoms. The molecule has 4 aromatic rings. The van der Waals surface area contributed by atoms with Crippen molar-refractivity contribution in [2.45, 2.75) is 6.92 Å². The van der Waals surface area contributed by atoms with Crippen LogP contribution in [0.3, 0.4) is 0 Å². The SMILES string of the molecule is COc1ccc(/C=C(\Cl)c2nc3scc(-c4ccc(C)cc4)c3c(=O)[nH]2)cc1. The van der Waals surface area contributed by atoms with Gasteiger partial charge in [-0.05, 0) is 36.3 Å². The number of benzene rings is 2. The standard InChI is InChI=1S/C22H17ClN2O2S/c1-13-3-7-15(8-4-13)17-12-28-22-19(17)21(26)24-20(25-22)18(23)11-14-5-9-16(27-2)10-6-14/h3-12H,1-2H3,(H,24,25,26)/b18-11-. The van der Waals surface area contributed by atoms with E-state index in [-0.39, 0.29) is 5.56 Å². The normalized spacial score (nSPS) is 11.8. The lowest BCUT2D eigenvalue weighted by Crippen LogP contribution is -2.10. The van der Waals surface area contributed by atoms with Crippen LogP contribution in [0.4, 0.5) is 0 Å². The molecule has 4 rings (SSSR count). The molecule has 6 heteroatoms. The lowest BCUT2D eigenvalue weighted by molar-refractivity contribution is 0.415. The molecule has 0 saturated heterocycles. The number of nitrogens with zero attached hydrogens (tertiary/aromatic N) is 1. The number of H-pyrrole nitrogens is 1. The van der Waals surface area contributed by atoms with Gasteiger partial charge in [0.2, 0.25) is 0 Å². The van der Waals surface area contributed by atoms with Crippen LogP contribution < -0.4 is 10.3 Å². The van der Waals surface area contributed by atoms with Crippen LogP contribution in [-0.4, -0.2) is 17.1 Å². The van der Waals surface area contributed by atoms with E-state index < -0.39 is 0 Å². The minimum atomic E-state index is -0.196. The fourth-order valence-electron chi connectivity index (χ4n) is 2.92. The van der Waals surface area contributed by atoms with Crippen LogP contribution in [-0.2, 0) is 0 Å².